The third-order valence-electron chi connectivity index (χ3n) is 4.07. The Morgan fingerprint density at radius 2 is 1.88 bits per heavy atom. The summed E-state index contributed by atoms with van der Waals surface area (Å²) in [5.41, 5.74) is 0.135. The van der Waals surface area contributed by atoms with E-state index in [1.165, 1.54) is 40.9 Å². The standard InChI is InChI=1S/C19H17F2N3O2/c1-3-24-16-8-7-14(21)10-15(16)18(25)17(22-24)19(26)23(2)11-12-5-4-6-13(20)9-12/h4-10H,3,11H2,1-2H3. The van der Waals surface area contributed by atoms with E-state index in [1.807, 2.05) is 6.92 Å². The first-order valence-corrected chi connectivity index (χ1v) is 8.11. The Bertz CT molecular complexity index is 1050. The van der Waals surface area contributed by atoms with Crippen LogP contribution in [-0.2, 0) is 13.1 Å². The molecule has 0 atom stereocenters. The van der Waals surface area contributed by atoms with Crippen LogP contribution in [0.15, 0.2) is 47.3 Å². The average molecular weight is 357 g/mol. The van der Waals surface area contributed by atoms with E-state index in [4.69, 9.17) is 0 Å². The minimum atomic E-state index is -0.625. The summed E-state index contributed by atoms with van der Waals surface area (Å²) in [6, 6.07) is 9.67. The molecule has 0 spiro atoms. The van der Waals surface area contributed by atoms with Crippen LogP contribution in [0.5, 0.6) is 0 Å². The molecule has 26 heavy (non-hydrogen) atoms. The van der Waals surface area contributed by atoms with E-state index >= 15 is 0 Å². The van der Waals surface area contributed by atoms with Gasteiger partial charge in [-0.15, -0.1) is 0 Å². The lowest BCUT2D eigenvalue weighted by Crippen LogP contribution is -2.33. The summed E-state index contributed by atoms with van der Waals surface area (Å²) < 4.78 is 28.4. The molecule has 0 saturated carbocycles. The van der Waals surface area contributed by atoms with Crippen molar-refractivity contribution in [3.8, 4) is 0 Å². The molecule has 134 valence electrons. The fraction of sp³-hybridized carbons (Fsp3) is 0.211. The Morgan fingerprint density at radius 3 is 2.58 bits per heavy atom. The molecule has 1 amide bonds. The number of carbonyl (C=O) groups excluding carboxylic acids is 1. The Labute approximate surface area is 148 Å². The number of rotatable bonds is 4. The third kappa shape index (κ3) is 3.33. The van der Waals surface area contributed by atoms with E-state index in [1.54, 1.807) is 12.1 Å². The summed E-state index contributed by atoms with van der Waals surface area (Å²) in [5.74, 6) is -1.57. The van der Waals surface area contributed by atoms with Crippen LogP contribution in [-0.4, -0.2) is 27.6 Å². The normalized spacial score (nSPS) is 10.9. The van der Waals surface area contributed by atoms with Gasteiger partial charge in [-0.2, -0.15) is 5.10 Å². The highest BCUT2D eigenvalue weighted by molar-refractivity contribution is 5.95. The number of carbonyl (C=O) groups is 1. The molecule has 0 aliphatic heterocycles. The number of benzene rings is 2. The fourth-order valence-corrected chi connectivity index (χ4v) is 2.81. The van der Waals surface area contributed by atoms with Gasteiger partial charge in [0.25, 0.3) is 5.91 Å². The molecule has 5 nitrogen and oxygen atoms in total. The summed E-state index contributed by atoms with van der Waals surface area (Å²) in [4.78, 5) is 26.6. The van der Waals surface area contributed by atoms with E-state index in [2.05, 4.69) is 5.10 Å². The molecule has 1 heterocycles. The van der Waals surface area contributed by atoms with E-state index in [-0.39, 0.29) is 17.6 Å². The molecule has 0 radical (unpaired) electrons. The van der Waals surface area contributed by atoms with E-state index in [0.29, 0.717) is 17.6 Å². The van der Waals surface area contributed by atoms with Crippen molar-refractivity contribution in [2.24, 2.45) is 0 Å². The largest absolute Gasteiger partial charge is 0.336 e. The molecule has 0 aliphatic rings. The number of aromatic nitrogens is 2. The van der Waals surface area contributed by atoms with Crippen LogP contribution in [0.2, 0.25) is 0 Å². The summed E-state index contributed by atoms with van der Waals surface area (Å²) in [6.07, 6.45) is 0. The first-order chi connectivity index (χ1) is 12.4. The molecule has 0 fully saturated rings. The minimum Gasteiger partial charge on any atom is -0.336 e. The van der Waals surface area contributed by atoms with Gasteiger partial charge in [0.2, 0.25) is 5.43 Å². The maximum absolute atomic E-state index is 13.6. The van der Waals surface area contributed by atoms with Gasteiger partial charge >= 0.3 is 0 Å². The molecule has 0 N–H and O–H groups in total. The Hall–Kier alpha value is -3.09. The molecular formula is C19H17F2N3O2. The van der Waals surface area contributed by atoms with E-state index in [0.717, 1.165) is 6.07 Å². The van der Waals surface area contributed by atoms with Crippen molar-refractivity contribution in [1.29, 1.82) is 0 Å². The number of amides is 1. The SMILES string of the molecule is CCn1nc(C(=O)N(C)Cc2cccc(F)c2)c(=O)c2cc(F)ccc21. The second-order valence-electron chi connectivity index (χ2n) is 5.95. The van der Waals surface area contributed by atoms with Crippen molar-refractivity contribution in [3.05, 3.63) is 75.6 Å². The number of hydrogen-bond donors (Lipinski definition) is 0. The Kier molecular flexibility index (Phi) is 4.79. The average Bonchev–Trinajstić information content (AvgIpc) is 2.62. The third-order valence-corrected chi connectivity index (χ3v) is 4.07. The van der Waals surface area contributed by atoms with Gasteiger partial charge in [-0.1, -0.05) is 12.1 Å². The van der Waals surface area contributed by atoms with Gasteiger partial charge in [0.15, 0.2) is 5.69 Å². The number of halogens is 2. The van der Waals surface area contributed by atoms with Crippen molar-refractivity contribution in [1.82, 2.24) is 14.7 Å². The Morgan fingerprint density at radius 1 is 1.15 bits per heavy atom. The van der Waals surface area contributed by atoms with Gasteiger partial charge < -0.3 is 4.90 Å². The van der Waals surface area contributed by atoms with Crippen LogP contribution in [0.3, 0.4) is 0 Å². The summed E-state index contributed by atoms with van der Waals surface area (Å²) >= 11 is 0. The van der Waals surface area contributed by atoms with Gasteiger partial charge in [0.1, 0.15) is 11.6 Å². The van der Waals surface area contributed by atoms with Crippen molar-refractivity contribution in [3.63, 3.8) is 0 Å². The van der Waals surface area contributed by atoms with E-state index in [9.17, 15) is 18.4 Å². The lowest BCUT2D eigenvalue weighted by Gasteiger charge is -2.18. The van der Waals surface area contributed by atoms with Crippen LogP contribution in [0.25, 0.3) is 10.9 Å². The first kappa shape index (κ1) is 17.7. The summed E-state index contributed by atoms with van der Waals surface area (Å²) in [5, 5.41) is 4.25. The maximum Gasteiger partial charge on any atom is 0.278 e. The molecule has 2 aromatic carbocycles. The number of aryl methyl sites for hydroxylation is 1. The molecular weight excluding hydrogens is 340 g/mol. The van der Waals surface area contributed by atoms with E-state index < -0.39 is 23.0 Å². The first-order valence-electron chi connectivity index (χ1n) is 8.11. The molecule has 1 aromatic heterocycles. The number of nitrogens with zero attached hydrogens (tertiary/aromatic N) is 3. The van der Waals surface area contributed by atoms with Crippen LogP contribution in [0, 0.1) is 11.6 Å². The molecule has 0 saturated heterocycles. The lowest BCUT2D eigenvalue weighted by molar-refractivity contribution is 0.0775. The van der Waals surface area contributed by atoms with Crippen LogP contribution < -0.4 is 5.43 Å². The number of fused-ring (bicyclic) bond motifs is 1. The van der Waals surface area contributed by atoms with Gasteiger partial charge in [-0.05, 0) is 42.8 Å². The lowest BCUT2D eigenvalue weighted by atomic mass is 10.1. The van der Waals surface area contributed by atoms with Crippen molar-refractivity contribution in [2.75, 3.05) is 7.05 Å². The molecule has 7 heteroatoms. The summed E-state index contributed by atoms with van der Waals surface area (Å²) in [6.45, 7) is 2.34. The zero-order chi connectivity index (χ0) is 18.8. The van der Waals surface area contributed by atoms with Crippen molar-refractivity contribution < 1.29 is 13.6 Å². The van der Waals surface area contributed by atoms with Crippen molar-refractivity contribution in [2.45, 2.75) is 20.0 Å². The van der Waals surface area contributed by atoms with Crippen LogP contribution >= 0.6 is 0 Å². The zero-order valence-corrected chi connectivity index (χ0v) is 14.4. The molecule has 3 aromatic rings. The van der Waals surface area contributed by atoms with Gasteiger partial charge in [0, 0.05) is 20.1 Å². The molecule has 0 unspecified atom stereocenters. The topological polar surface area (TPSA) is 55.2 Å². The highest BCUT2D eigenvalue weighted by atomic mass is 19.1. The monoisotopic (exact) mass is 357 g/mol. The predicted octanol–water partition coefficient (Wildman–Crippen LogP) is 2.97. The van der Waals surface area contributed by atoms with Gasteiger partial charge in [-0.3, -0.25) is 14.3 Å². The van der Waals surface area contributed by atoms with Gasteiger partial charge in [-0.25, -0.2) is 8.78 Å². The quantitative estimate of drug-likeness (QED) is 0.721. The number of hydrogen-bond acceptors (Lipinski definition) is 3. The van der Waals surface area contributed by atoms with Crippen LogP contribution in [0.1, 0.15) is 23.0 Å². The maximum atomic E-state index is 13.6. The second kappa shape index (κ2) is 7.03. The predicted molar refractivity (Wildman–Crippen MR) is 93.8 cm³/mol. The fourth-order valence-electron chi connectivity index (χ4n) is 2.81. The van der Waals surface area contributed by atoms with Crippen molar-refractivity contribution >= 4 is 16.8 Å². The zero-order valence-electron chi connectivity index (χ0n) is 14.4. The summed E-state index contributed by atoms with van der Waals surface area (Å²) in [7, 11) is 1.50. The Balaban J connectivity index is 2.02. The molecule has 3 rings (SSSR count). The van der Waals surface area contributed by atoms with Gasteiger partial charge in [0.05, 0.1) is 10.9 Å². The molecule has 0 bridgehead atoms. The van der Waals surface area contributed by atoms with Crippen LogP contribution in [0.4, 0.5) is 8.78 Å². The second-order valence-corrected chi connectivity index (χ2v) is 5.95. The minimum absolute atomic E-state index is 0.101. The molecule has 0 aliphatic carbocycles. The highest BCUT2D eigenvalue weighted by Gasteiger charge is 2.21. The highest BCUT2D eigenvalue weighted by Crippen LogP contribution is 2.14. The smallest absolute Gasteiger partial charge is 0.278 e.